The van der Waals surface area contributed by atoms with E-state index in [4.69, 9.17) is 0 Å². The molecule has 38 heavy (non-hydrogen) atoms. The van der Waals surface area contributed by atoms with Gasteiger partial charge in [0.2, 0.25) is 0 Å². The molecule has 10 heteroatoms. The van der Waals surface area contributed by atoms with Crippen molar-refractivity contribution in [2.45, 2.75) is 58.5 Å². The van der Waals surface area contributed by atoms with Gasteiger partial charge in [0.25, 0.3) is 0 Å². The van der Waals surface area contributed by atoms with Gasteiger partial charge in [-0.3, -0.25) is 4.79 Å². The summed E-state index contributed by atoms with van der Waals surface area (Å²) in [5, 5.41) is 9.46. The summed E-state index contributed by atoms with van der Waals surface area (Å²) in [6, 6.07) is 7.88. The van der Waals surface area contributed by atoms with E-state index in [9.17, 15) is 18.7 Å². The summed E-state index contributed by atoms with van der Waals surface area (Å²) in [7, 11) is 0. The zero-order valence-corrected chi connectivity index (χ0v) is 21.0. The highest BCUT2D eigenvalue weighted by molar-refractivity contribution is 5.74. The lowest BCUT2D eigenvalue weighted by molar-refractivity contribution is -0.150. The van der Waals surface area contributed by atoms with Crippen LogP contribution in [0.1, 0.15) is 61.3 Å². The average molecular weight is 525 g/mol. The third-order valence-electron chi connectivity index (χ3n) is 7.51. The highest BCUT2D eigenvalue weighted by Gasteiger charge is 2.38. The Bertz CT molecular complexity index is 1480. The van der Waals surface area contributed by atoms with E-state index in [-0.39, 0.29) is 23.7 Å². The monoisotopic (exact) mass is 524 g/mol. The van der Waals surface area contributed by atoms with Crippen molar-refractivity contribution < 1.29 is 27.8 Å². The molecule has 0 atom stereocenters. The molecule has 0 saturated heterocycles. The van der Waals surface area contributed by atoms with Crippen molar-refractivity contribution in [2.75, 3.05) is 0 Å². The molecule has 1 N–H and O–H groups in total. The molecule has 0 spiro atoms. The topological polar surface area (TPSA) is 89.6 Å². The molecular formula is C28H27F3N4O3. The first kappa shape index (κ1) is 25.7. The van der Waals surface area contributed by atoms with Crippen LogP contribution in [0.5, 0.6) is 5.75 Å². The Balaban J connectivity index is 1.43. The molecule has 0 bridgehead atoms. The van der Waals surface area contributed by atoms with E-state index < -0.39 is 23.8 Å². The van der Waals surface area contributed by atoms with Gasteiger partial charge in [-0.15, -0.1) is 0 Å². The second-order valence-corrected chi connectivity index (χ2v) is 10.0. The Morgan fingerprint density at radius 1 is 1.21 bits per heavy atom. The number of aliphatic carboxylic acids is 1. The van der Waals surface area contributed by atoms with E-state index in [1.54, 1.807) is 55.0 Å². The number of carboxylic acids is 1. The van der Waals surface area contributed by atoms with Crippen molar-refractivity contribution >= 4 is 11.6 Å². The number of aryl methyl sites for hydroxylation is 1. The van der Waals surface area contributed by atoms with Crippen LogP contribution in [0.25, 0.3) is 16.8 Å². The van der Waals surface area contributed by atoms with Crippen molar-refractivity contribution in [2.24, 2.45) is 5.41 Å². The number of hydrogen-bond donors (Lipinski definition) is 1. The second-order valence-electron chi connectivity index (χ2n) is 10.0. The normalized spacial score (nSPS) is 19.7. The van der Waals surface area contributed by atoms with Gasteiger partial charge < -0.3 is 14.2 Å². The minimum atomic E-state index is -2.95. The SMILES string of the molecule is Cc1nc2cc(F)c(-c3cnc(C4CCC(C)(C(=O)O)CC4)nc3)cn2c1Cc1ccccc1OC(F)F. The Morgan fingerprint density at radius 2 is 1.89 bits per heavy atom. The summed E-state index contributed by atoms with van der Waals surface area (Å²) in [5.74, 6) is -0.506. The number of ether oxygens (including phenoxy) is 1. The van der Waals surface area contributed by atoms with Crippen LogP contribution in [-0.2, 0) is 11.2 Å². The predicted octanol–water partition coefficient (Wildman–Crippen LogP) is 6.18. The number of rotatable bonds is 7. The van der Waals surface area contributed by atoms with E-state index in [2.05, 4.69) is 19.7 Å². The first-order valence-electron chi connectivity index (χ1n) is 12.4. The van der Waals surface area contributed by atoms with Crippen LogP contribution in [0.2, 0.25) is 0 Å². The Kier molecular flexibility index (Phi) is 6.81. The van der Waals surface area contributed by atoms with Gasteiger partial charge in [0, 0.05) is 59.4 Å². The molecule has 1 aliphatic rings. The highest BCUT2D eigenvalue weighted by Crippen LogP contribution is 2.42. The smallest absolute Gasteiger partial charge is 0.387 e. The zero-order chi connectivity index (χ0) is 27.0. The Morgan fingerprint density at radius 3 is 2.55 bits per heavy atom. The maximum atomic E-state index is 15.1. The minimum absolute atomic E-state index is 0.0576. The molecule has 7 nitrogen and oxygen atoms in total. The van der Waals surface area contributed by atoms with Crippen molar-refractivity contribution in [3.05, 3.63) is 77.5 Å². The number of aromatic nitrogens is 4. The number of nitrogens with zero attached hydrogens (tertiary/aromatic N) is 4. The van der Waals surface area contributed by atoms with Gasteiger partial charge in [-0.05, 0) is 45.6 Å². The van der Waals surface area contributed by atoms with E-state index >= 15 is 4.39 Å². The highest BCUT2D eigenvalue weighted by atomic mass is 19.3. The number of pyridine rings is 1. The standard InChI is InChI=1S/C28H27F3N4O3/c1-16-22(11-18-5-3-4-6-23(18)38-27(30)31)35-15-20(21(29)12-24(35)34-16)19-13-32-25(33-14-19)17-7-9-28(2,10-8-17)26(36)37/h3-6,12-15,17,27H,7-11H2,1-2H3,(H,36,37). The molecule has 0 radical (unpaired) electrons. The lowest BCUT2D eigenvalue weighted by Crippen LogP contribution is -2.32. The largest absolute Gasteiger partial charge is 0.481 e. The van der Waals surface area contributed by atoms with Gasteiger partial charge in [-0.2, -0.15) is 8.78 Å². The van der Waals surface area contributed by atoms with E-state index in [0.717, 1.165) is 0 Å². The number of carbonyl (C=O) groups is 1. The van der Waals surface area contributed by atoms with E-state index in [0.29, 0.717) is 59.7 Å². The molecule has 0 unspecified atom stereocenters. The van der Waals surface area contributed by atoms with E-state index in [1.807, 2.05) is 0 Å². The summed E-state index contributed by atoms with van der Waals surface area (Å²) in [6.45, 7) is 0.609. The number of hydrogen-bond acceptors (Lipinski definition) is 5. The molecule has 0 amide bonds. The first-order valence-corrected chi connectivity index (χ1v) is 12.4. The lowest BCUT2D eigenvalue weighted by atomic mass is 9.71. The van der Waals surface area contributed by atoms with Crippen molar-refractivity contribution in [3.63, 3.8) is 0 Å². The van der Waals surface area contributed by atoms with Crippen LogP contribution < -0.4 is 4.74 Å². The minimum Gasteiger partial charge on any atom is -0.481 e. The summed E-state index contributed by atoms with van der Waals surface area (Å²) in [5.41, 5.74) is 2.36. The fourth-order valence-corrected chi connectivity index (χ4v) is 5.11. The maximum Gasteiger partial charge on any atom is 0.387 e. The van der Waals surface area contributed by atoms with E-state index in [1.165, 1.54) is 12.1 Å². The molecule has 1 fully saturated rings. The molecule has 198 valence electrons. The van der Waals surface area contributed by atoms with Gasteiger partial charge in [0.05, 0.1) is 11.1 Å². The Labute approximate surface area is 217 Å². The number of halogens is 3. The summed E-state index contributed by atoms with van der Waals surface area (Å²) in [4.78, 5) is 25.0. The van der Waals surface area contributed by atoms with Gasteiger partial charge in [0.1, 0.15) is 23.0 Å². The second kappa shape index (κ2) is 10.1. The van der Waals surface area contributed by atoms with Crippen LogP contribution in [0, 0.1) is 18.2 Å². The van der Waals surface area contributed by atoms with Crippen LogP contribution in [0.3, 0.4) is 0 Å². The van der Waals surface area contributed by atoms with Gasteiger partial charge in [-0.25, -0.2) is 19.3 Å². The molecule has 1 aliphatic carbocycles. The fourth-order valence-electron chi connectivity index (χ4n) is 5.11. The maximum absolute atomic E-state index is 15.1. The molecule has 1 saturated carbocycles. The number of para-hydroxylation sites is 1. The first-order chi connectivity index (χ1) is 18.1. The van der Waals surface area contributed by atoms with Gasteiger partial charge >= 0.3 is 12.6 Å². The molecule has 3 aromatic heterocycles. The molecule has 5 rings (SSSR count). The zero-order valence-electron chi connectivity index (χ0n) is 21.0. The molecular weight excluding hydrogens is 497 g/mol. The Hall–Kier alpha value is -3.95. The van der Waals surface area contributed by atoms with Gasteiger partial charge in [-0.1, -0.05) is 18.2 Å². The van der Waals surface area contributed by atoms with Crippen LogP contribution in [0.15, 0.2) is 48.9 Å². The average Bonchev–Trinajstić information content (AvgIpc) is 3.18. The quantitative estimate of drug-likeness (QED) is 0.311. The molecule has 3 heterocycles. The summed E-state index contributed by atoms with van der Waals surface area (Å²) >= 11 is 0. The number of imidazole rings is 1. The fraction of sp³-hybridized carbons (Fsp3) is 0.357. The summed E-state index contributed by atoms with van der Waals surface area (Å²) in [6.07, 6.45) is 7.49. The number of carboxylic acid groups (broad SMARTS) is 1. The van der Waals surface area contributed by atoms with Crippen molar-refractivity contribution in [1.82, 2.24) is 19.4 Å². The summed E-state index contributed by atoms with van der Waals surface area (Å²) < 4.78 is 47.3. The van der Waals surface area contributed by atoms with Crippen LogP contribution in [0.4, 0.5) is 13.2 Å². The third-order valence-corrected chi connectivity index (χ3v) is 7.51. The van der Waals surface area contributed by atoms with Crippen LogP contribution in [-0.4, -0.2) is 37.0 Å². The number of fused-ring (bicyclic) bond motifs is 1. The van der Waals surface area contributed by atoms with Crippen molar-refractivity contribution in [1.29, 1.82) is 0 Å². The predicted molar refractivity (Wildman–Crippen MR) is 134 cm³/mol. The third kappa shape index (κ3) is 4.94. The number of alkyl halides is 2. The lowest BCUT2D eigenvalue weighted by Gasteiger charge is -2.33. The van der Waals surface area contributed by atoms with Crippen molar-refractivity contribution in [3.8, 4) is 16.9 Å². The molecule has 0 aliphatic heterocycles. The molecule has 1 aromatic carbocycles. The van der Waals surface area contributed by atoms with Crippen LogP contribution >= 0.6 is 0 Å². The molecule has 4 aromatic rings. The van der Waals surface area contributed by atoms with Gasteiger partial charge in [0.15, 0.2) is 0 Å². The number of benzene rings is 1.